The molecule has 77 heavy (non-hydrogen) atoms. The van der Waals surface area contributed by atoms with Gasteiger partial charge in [0.15, 0.2) is 0 Å². The molecule has 6 nitrogen and oxygen atoms in total. The van der Waals surface area contributed by atoms with E-state index in [-0.39, 0.29) is 18.5 Å². The number of rotatable bonds is 65. The highest BCUT2D eigenvalue weighted by Crippen LogP contribution is 2.18. The number of hydrogen-bond acceptors (Lipinski definition) is 5. The minimum absolute atomic E-state index is 0.00965. The number of hydrogen-bond donors (Lipinski definition) is 3. The molecular formula is C71H135NO5. The Morgan fingerprint density at radius 1 is 0.364 bits per heavy atom. The van der Waals surface area contributed by atoms with Crippen molar-refractivity contribution in [3.8, 4) is 0 Å². The third-order valence-corrected chi connectivity index (χ3v) is 16.2. The van der Waals surface area contributed by atoms with Gasteiger partial charge in [0, 0.05) is 12.8 Å². The van der Waals surface area contributed by atoms with Crippen molar-refractivity contribution < 1.29 is 24.5 Å². The zero-order chi connectivity index (χ0) is 55.7. The van der Waals surface area contributed by atoms with Crippen LogP contribution in [0.25, 0.3) is 0 Å². The highest BCUT2D eigenvalue weighted by Gasteiger charge is 2.18. The fourth-order valence-corrected chi connectivity index (χ4v) is 10.8. The average Bonchev–Trinajstić information content (AvgIpc) is 3.43. The molecule has 0 spiro atoms. The number of carbonyl (C=O) groups excluding carboxylic acids is 2. The van der Waals surface area contributed by atoms with Gasteiger partial charge in [0.1, 0.15) is 0 Å². The van der Waals surface area contributed by atoms with Gasteiger partial charge in [-0.25, -0.2) is 0 Å². The van der Waals surface area contributed by atoms with Crippen LogP contribution in [0.2, 0.25) is 0 Å². The number of allylic oxidation sites excluding steroid dienone is 5. The Bertz CT molecular complexity index is 1250. The van der Waals surface area contributed by atoms with Gasteiger partial charge in [-0.05, 0) is 64.2 Å². The lowest BCUT2D eigenvalue weighted by atomic mass is 10.0. The molecule has 0 rings (SSSR count). The van der Waals surface area contributed by atoms with E-state index in [2.05, 4.69) is 43.5 Å². The normalized spacial score (nSPS) is 12.7. The van der Waals surface area contributed by atoms with Crippen LogP contribution in [0.4, 0.5) is 0 Å². The third-order valence-electron chi connectivity index (χ3n) is 16.2. The van der Waals surface area contributed by atoms with Crippen molar-refractivity contribution in [2.24, 2.45) is 0 Å². The predicted molar refractivity (Wildman–Crippen MR) is 338 cm³/mol. The Labute approximate surface area is 481 Å². The molecule has 0 bridgehead atoms. The molecule has 0 aromatic carbocycles. The van der Waals surface area contributed by atoms with Gasteiger partial charge in [0.2, 0.25) is 5.91 Å². The van der Waals surface area contributed by atoms with Gasteiger partial charge in [-0.15, -0.1) is 0 Å². The zero-order valence-corrected chi connectivity index (χ0v) is 52.0. The van der Waals surface area contributed by atoms with E-state index in [1.807, 2.05) is 6.08 Å². The molecule has 0 aliphatic heterocycles. The van der Waals surface area contributed by atoms with E-state index in [0.29, 0.717) is 19.4 Å². The van der Waals surface area contributed by atoms with Crippen LogP contribution in [0.15, 0.2) is 36.5 Å². The van der Waals surface area contributed by atoms with Crippen LogP contribution in [0.5, 0.6) is 0 Å². The molecule has 0 fully saturated rings. The third kappa shape index (κ3) is 63.1. The molecular weight excluding hydrogens is 947 g/mol. The monoisotopic (exact) mass is 1080 g/mol. The van der Waals surface area contributed by atoms with E-state index in [4.69, 9.17) is 4.74 Å². The number of ether oxygens (including phenoxy) is 1. The van der Waals surface area contributed by atoms with Gasteiger partial charge >= 0.3 is 5.97 Å². The van der Waals surface area contributed by atoms with Crippen LogP contribution in [0, 0.1) is 0 Å². The van der Waals surface area contributed by atoms with Crippen LogP contribution in [0.1, 0.15) is 380 Å². The smallest absolute Gasteiger partial charge is 0.305 e. The molecule has 2 unspecified atom stereocenters. The van der Waals surface area contributed by atoms with Gasteiger partial charge in [-0.2, -0.15) is 0 Å². The standard InChI is InChI=1S/C71H135NO5/c1-3-5-7-9-11-13-15-17-18-19-20-21-25-28-31-34-37-40-43-47-51-55-59-63-69(74)68(67-73)72-70(75)64-60-56-52-48-44-41-38-35-32-29-26-23-22-24-27-30-33-36-39-42-46-50-54-58-62-66-77-71(76)65-61-57-53-49-45-16-14-12-10-8-6-4-2/h23-24,26-27,59,63,68-69,73-74H,3-22,25,28-58,60-62,64-67H2,1-2H3,(H,72,75)/b26-23-,27-24-,63-59+. The van der Waals surface area contributed by atoms with E-state index < -0.39 is 12.1 Å². The average molecular weight is 1080 g/mol. The van der Waals surface area contributed by atoms with Crippen molar-refractivity contribution in [1.29, 1.82) is 0 Å². The van der Waals surface area contributed by atoms with Crippen LogP contribution in [0.3, 0.4) is 0 Å². The number of aliphatic hydroxyl groups is 2. The molecule has 3 N–H and O–H groups in total. The van der Waals surface area contributed by atoms with E-state index in [1.165, 1.54) is 308 Å². The van der Waals surface area contributed by atoms with Crippen LogP contribution < -0.4 is 5.32 Å². The Balaban J connectivity index is 3.46. The Morgan fingerprint density at radius 2 is 0.649 bits per heavy atom. The summed E-state index contributed by atoms with van der Waals surface area (Å²) in [4.78, 5) is 24.5. The van der Waals surface area contributed by atoms with Gasteiger partial charge in [-0.1, -0.05) is 339 Å². The summed E-state index contributed by atoms with van der Waals surface area (Å²) in [6.45, 7) is 4.93. The van der Waals surface area contributed by atoms with Gasteiger partial charge in [-0.3, -0.25) is 9.59 Å². The molecule has 1 amide bonds. The second-order valence-electron chi connectivity index (χ2n) is 23.9. The summed E-state index contributed by atoms with van der Waals surface area (Å²) in [6, 6.07) is -0.634. The van der Waals surface area contributed by atoms with Crippen LogP contribution >= 0.6 is 0 Å². The molecule has 0 radical (unpaired) electrons. The van der Waals surface area contributed by atoms with Crippen LogP contribution in [-0.2, 0) is 14.3 Å². The molecule has 0 aromatic rings. The quantitative estimate of drug-likeness (QED) is 0.0320. The summed E-state index contributed by atoms with van der Waals surface area (Å²) < 4.78 is 5.47. The first-order valence-electron chi connectivity index (χ1n) is 34.8. The van der Waals surface area contributed by atoms with Crippen molar-refractivity contribution in [2.45, 2.75) is 392 Å². The summed E-state index contributed by atoms with van der Waals surface area (Å²) >= 11 is 0. The van der Waals surface area contributed by atoms with Crippen molar-refractivity contribution >= 4 is 11.9 Å². The Morgan fingerprint density at radius 3 is 0.987 bits per heavy atom. The fourth-order valence-electron chi connectivity index (χ4n) is 10.8. The summed E-state index contributed by atoms with van der Waals surface area (Å²) in [7, 11) is 0. The Hall–Kier alpha value is -1.92. The number of nitrogens with one attached hydrogen (secondary N) is 1. The molecule has 454 valence electrons. The molecule has 0 heterocycles. The fraction of sp³-hybridized carbons (Fsp3) is 0.887. The molecule has 0 aromatic heterocycles. The van der Waals surface area contributed by atoms with Gasteiger partial charge in [0.25, 0.3) is 0 Å². The summed E-state index contributed by atoms with van der Waals surface area (Å²) in [5.41, 5.74) is 0. The summed E-state index contributed by atoms with van der Waals surface area (Å²) in [6.07, 6.45) is 85.0. The number of esters is 1. The minimum Gasteiger partial charge on any atom is -0.466 e. The lowest BCUT2D eigenvalue weighted by Crippen LogP contribution is -2.45. The topological polar surface area (TPSA) is 95.9 Å². The number of amides is 1. The summed E-state index contributed by atoms with van der Waals surface area (Å²) in [5.74, 6) is -0.0608. The first-order valence-corrected chi connectivity index (χ1v) is 34.8. The highest BCUT2D eigenvalue weighted by atomic mass is 16.5. The highest BCUT2D eigenvalue weighted by molar-refractivity contribution is 5.76. The largest absolute Gasteiger partial charge is 0.466 e. The molecule has 0 saturated carbocycles. The zero-order valence-electron chi connectivity index (χ0n) is 52.0. The molecule has 2 atom stereocenters. The summed E-state index contributed by atoms with van der Waals surface area (Å²) in [5, 5.41) is 23.3. The van der Waals surface area contributed by atoms with Crippen molar-refractivity contribution in [1.82, 2.24) is 5.32 Å². The lowest BCUT2D eigenvalue weighted by Gasteiger charge is -2.20. The maximum absolute atomic E-state index is 12.5. The van der Waals surface area contributed by atoms with E-state index in [9.17, 15) is 19.8 Å². The van der Waals surface area contributed by atoms with Crippen molar-refractivity contribution in [2.75, 3.05) is 13.2 Å². The van der Waals surface area contributed by atoms with Gasteiger partial charge < -0.3 is 20.3 Å². The van der Waals surface area contributed by atoms with Crippen molar-refractivity contribution in [3.05, 3.63) is 36.5 Å². The second-order valence-corrected chi connectivity index (χ2v) is 23.9. The Kier molecular flexibility index (Phi) is 64.9. The second kappa shape index (κ2) is 66.6. The molecule has 0 saturated heterocycles. The predicted octanol–water partition coefficient (Wildman–Crippen LogP) is 22.3. The maximum atomic E-state index is 12.5. The van der Waals surface area contributed by atoms with E-state index >= 15 is 0 Å². The molecule has 0 aliphatic rings. The lowest BCUT2D eigenvalue weighted by molar-refractivity contribution is -0.143. The van der Waals surface area contributed by atoms with E-state index in [1.54, 1.807) is 6.08 Å². The molecule has 0 aliphatic carbocycles. The van der Waals surface area contributed by atoms with Gasteiger partial charge in [0.05, 0.1) is 25.4 Å². The van der Waals surface area contributed by atoms with Crippen LogP contribution in [-0.4, -0.2) is 47.4 Å². The number of unbranched alkanes of at least 4 members (excludes halogenated alkanes) is 50. The first-order chi connectivity index (χ1) is 38.0. The van der Waals surface area contributed by atoms with Crippen molar-refractivity contribution in [3.63, 3.8) is 0 Å². The number of aliphatic hydroxyl groups excluding tert-OH is 2. The number of carbonyl (C=O) groups is 2. The minimum atomic E-state index is -0.850. The SMILES string of the molecule is CCCCCCCCCCCCCCCCCCCCCCC/C=C/C(O)C(CO)NC(=O)CCCCCCCCCCC/C=C\C/C=C\CCCCCCCCCCCOC(=O)CCCCCCCCCCCCCC. The first kappa shape index (κ1) is 75.1. The molecule has 6 heteroatoms. The maximum Gasteiger partial charge on any atom is 0.305 e. The van der Waals surface area contributed by atoms with E-state index in [0.717, 1.165) is 44.9 Å².